The van der Waals surface area contributed by atoms with Gasteiger partial charge in [0.15, 0.2) is 0 Å². The van der Waals surface area contributed by atoms with Crippen LogP contribution >= 0.6 is 11.6 Å². The summed E-state index contributed by atoms with van der Waals surface area (Å²) >= 11 is 5.70. The molecule has 0 saturated carbocycles. The van der Waals surface area contributed by atoms with Crippen molar-refractivity contribution in [3.05, 3.63) is 58.5 Å². The summed E-state index contributed by atoms with van der Waals surface area (Å²) in [4.78, 5) is 6.79. The fourth-order valence-corrected chi connectivity index (χ4v) is 3.03. The zero-order valence-electron chi connectivity index (χ0n) is 13.4. The largest absolute Gasteiger partial charge is 0.394 e. The van der Waals surface area contributed by atoms with Crippen molar-refractivity contribution in [2.45, 2.75) is 25.4 Å². The number of pyridine rings is 1. The van der Waals surface area contributed by atoms with Gasteiger partial charge in [-0.05, 0) is 42.2 Å². The molecule has 2 N–H and O–H groups in total. The summed E-state index contributed by atoms with van der Waals surface area (Å²) < 4.78 is 13.6. The molecule has 1 aliphatic rings. The van der Waals surface area contributed by atoms with Crippen molar-refractivity contribution >= 4 is 17.4 Å². The zero-order valence-corrected chi connectivity index (χ0v) is 14.1. The van der Waals surface area contributed by atoms with Crippen molar-refractivity contribution in [1.82, 2.24) is 10.3 Å². The van der Waals surface area contributed by atoms with Crippen molar-refractivity contribution in [1.29, 1.82) is 0 Å². The van der Waals surface area contributed by atoms with Crippen LogP contribution in [0.5, 0.6) is 0 Å². The minimum Gasteiger partial charge on any atom is -0.394 e. The van der Waals surface area contributed by atoms with E-state index in [1.807, 2.05) is 18.3 Å². The molecule has 2 aromatic rings. The zero-order chi connectivity index (χ0) is 16.9. The lowest BCUT2D eigenvalue weighted by atomic mass is 10.1. The van der Waals surface area contributed by atoms with Crippen molar-refractivity contribution in [2.24, 2.45) is 0 Å². The van der Waals surface area contributed by atoms with Crippen LogP contribution in [0.2, 0.25) is 5.02 Å². The van der Waals surface area contributed by atoms with E-state index in [4.69, 9.17) is 11.6 Å². The molecule has 1 aromatic heterocycles. The first-order chi connectivity index (χ1) is 11.7. The molecule has 1 atom stereocenters. The SMILES string of the molecule is OCC(NCc1ccc(N2CCCC2)nc1)c1ccc(Cl)c(F)c1. The van der Waals surface area contributed by atoms with Crippen LogP contribution < -0.4 is 10.2 Å². The fraction of sp³-hybridized carbons (Fsp3) is 0.389. The lowest BCUT2D eigenvalue weighted by Gasteiger charge is -2.18. The molecular formula is C18H21ClFN3O. The number of halogens is 2. The molecule has 1 aromatic carbocycles. The number of aliphatic hydroxyl groups excluding tert-OH is 1. The van der Waals surface area contributed by atoms with E-state index in [1.54, 1.807) is 6.07 Å². The molecule has 128 valence electrons. The number of rotatable bonds is 6. The lowest BCUT2D eigenvalue weighted by molar-refractivity contribution is 0.243. The first-order valence-corrected chi connectivity index (χ1v) is 8.54. The summed E-state index contributed by atoms with van der Waals surface area (Å²) in [5.41, 5.74) is 1.69. The normalized spacial score (nSPS) is 15.7. The van der Waals surface area contributed by atoms with Gasteiger partial charge in [0.1, 0.15) is 11.6 Å². The number of hydrogen-bond acceptors (Lipinski definition) is 4. The van der Waals surface area contributed by atoms with Crippen LogP contribution in [0.3, 0.4) is 0 Å². The third kappa shape index (κ3) is 4.04. The van der Waals surface area contributed by atoms with Crippen molar-refractivity contribution in [2.75, 3.05) is 24.6 Å². The highest BCUT2D eigenvalue weighted by Crippen LogP contribution is 2.21. The summed E-state index contributed by atoms with van der Waals surface area (Å²) in [7, 11) is 0. The number of aromatic nitrogens is 1. The molecule has 24 heavy (non-hydrogen) atoms. The Morgan fingerprint density at radius 3 is 2.67 bits per heavy atom. The summed E-state index contributed by atoms with van der Waals surface area (Å²) in [5, 5.41) is 12.9. The van der Waals surface area contributed by atoms with Crippen LogP contribution in [0.4, 0.5) is 10.2 Å². The maximum Gasteiger partial charge on any atom is 0.142 e. The van der Waals surface area contributed by atoms with Gasteiger partial charge in [-0.15, -0.1) is 0 Å². The Morgan fingerprint density at radius 1 is 1.25 bits per heavy atom. The Balaban J connectivity index is 1.61. The van der Waals surface area contributed by atoms with E-state index in [1.165, 1.54) is 25.0 Å². The molecular weight excluding hydrogens is 329 g/mol. The maximum absolute atomic E-state index is 13.6. The van der Waals surface area contributed by atoms with Crippen LogP contribution in [0.1, 0.15) is 30.0 Å². The Bertz CT molecular complexity index is 674. The summed E-state index contributed by atoms with van der Waals surface area (Å²) in [6.07, 6.45) is 4.29. The number of hydrogen-bond donors (Lipinski definition) is 2. The van der Waals surface area contributed by atoms with E-state index in [0.29, 0.717) is 12.1 Å². The van der Waals surface area contributed by atoms with Gasteiger partial charge in [-0.1, -0.05) is 23.7 Å². The number of benzene rings is 1. The Kier molecular flexibility index (Phi) is 5.66. The molecule has 0 radical (unpaired) electrons. The Morgan fingerprint density at radius 2 is 2.04 bits per heavy atom. The van der Waals surface area contributed by atoms with Crippen LogP contribution in [0.15, 0.2) is 36.5 Å². The van der Waals surface area contributed by atoms with E-state index < -0.39 is 5.82 Å². The second kappa shape index (κ2) is 7.92. The number of nitrogens with zero attached hydrogens (tertiary/aromatic N) is 2. The van der Waals surface area contributed by atoms with Gasteiger partial charge in [-0.2, -0.15) is 0 Å². The Hall–Kier alpha value is -1.69. The van der Waals surface area contributed by atoms with E-state index in [0.717, 1.165) is 24.5 Å². The molecule has 6 heteroatoms. The van der Waals surface area contributed by atoms with Crippen molar-refractivity contribution < 1.29 is 9.50 Å². The molecule has 1 unspecified atom stereocenters. The number of anilines is 1. The minimum absolute atomic E-state index is 0.0807. The monoisotopic (exact) mass is 349 g/mol. The highest BCUT2D eigenvalue weighted by molar-refractivity contribution is 6.30. The average molecular weight is 350 g/mol. The minimum atomic E-state index is -0.481. The molecule has 0 amide bonds. The predicted octanol–water partition coefficient (Wildman–Crippen LogP) is 3.30. The third-order valence-corrected chi connectivity index (χ3v) is 4.63. The topological polar surface area (TPSA) is 48.4 Å². The van der Waals surface area contributed by atoms with Crippen LogP contribution in [0.25, 0.3) is 0 Å². The third-order valence-electron chi connectivity index (χ3n) is 4.32. The standard InChI is InChI=1S/C18H21ClFN3O/c19-15-5-4-14(9-16(15)20)17(12-24)21-10-13-3-6-18(22-11-13)23-7-1-2-8-23/h3-6,9,11,17,21,24H,1-2,7-8,10,12H2. The predicted molar refractivity (Wildman–Crippen MR) is 93.8 cm³/mol. The summed E-state index contributed by atoms with van der Waals surface area (Å²) in [6, 6.07) is 8.28. The van der Waals surface area contributed by atoms with Gasteiger partial charge in [-0.25, -0.2) is 9.37 Å². The second-order valence-corrected chi connectivity index (χ2v) is 6.42. The highest BCUT2D eigenvalue weighted by Gasteiger charge is 2.14. The van der Waals surface area contributed by atoms with Gasteiger partial charge in [0.05, 0.1) is 17.7 Å². The number of nitrogens with one attached hydrogen (secondary N) is 1. The van der Waals surface area contributed by atoms with Gasteiger partial charge in [0.25, 0.3) is 0 Å². The summed E-state index contributed by atoms with van der Waals surface area (Å²) in [6.45, 7) is 2.56. The first-order valence-electron chi connectivity index (χ1n) is 8.16. The van der Waals surface area contributed by atoms with Gasteiger partial charge < -0.3 is 15.3 Å². The maximum atomic E-state index is 13.6. The van der Waals surface area contributed by atoms with Crippen LogP contribution in [0, 0.1) is 5.82 Å². The number of aliphatic hydroxyl groups is 1. The lowest BCUT2D eigenvalue weighted by Crippen LogP contribution is -2.24. The van der Waals surface area contributed by atoms with Crippen molar-refractivity contribution in [3.8, 4) is 0 Å². The molecule has 0 aliphatic carbocycles. The fourth-order valence-electron chi connectivity index (χ4n) is 2.91. The van der Waals surface area contributed by atoms with Crippen LogP contribution in [-0.2, 0) is 6.54 Å². The molecule has 1 aliphatic heterocycles. The molecule has 2 heterocycles. The molecule has 1 fully saturated rings. The van der Waals surface area contributed by atoms with Gasteiger partial charge in [0.2, 0.25) is 0 Å². The van der Waals surface area contributed by atoms with E-state index >= 15 is 0 Å². The van der Waals surface area contributed by atoms with Crippen molar-refractivity contribution in [3.63, 3.8) is 0 Å². The average Bonchev–Trinajstić information content (AvgIpc) is 3.13. The molecule has 4 nitrogen and oxygen atoms in total. The summed E-state index contributed by atoms with van der Waals surface area (Å²) in [5.74, 6) is 0.528. The van der Waals surface area contributed by atoms with Crippen LogP contribution in [-0.4, -0.2) is 29.8 Å². The molecule has 0 bridgehead atoms. The second-order valence-electron chi connectivity index (χ2n) is 6.01. The first kappa shape index (κ1) is 17.1. The Labute approximate surface area is 146 Å². The van der Waals surface area contributed by atoms with Gasteiger partial charge in [-0.3, -0.25) is 0 Å². The smallest absolute Gasteiger partial charge is 0.142 e. The molecule has 0 spiro atoms. The van der Waals surface area contributed by atoms with E-state index in [-0.39, 0.29) is 17.7 Å². The van der Waals surface area contributed by atoms with E-state index in [2.05, 4.69) is 15.2 Å². The highest BCUT2D eigenvalue weighted by atomic mass is 35.5. The molecule has 3 rings (SSSR count). The molecule has 1 saturated heterocycles. The van der Waals surface area contributed by atoms with Gasteiger partial charge in [0, 0.05) is 25.8 Å². The quantitative estimate of drug-likeness (QED) is 0.840. The van der Waals surface area contributed by atoms with Gasteiger partial charge >= 0.3 is 0 Å². The van der Waals surface area contributed by atoms with E-state index in [9.17, 15) is 9.50 Å².